The molecule has 0 saturated heterocycles. The molecule has 1 fully saturated rings. The average Bonchev–Trinajstić information content (AvgIpc) is 2.83. The van der Waals surface area contributed by atoms with Crippen LogP contribution in [0.4, 0.5) is 0 Å². The number of rotatable bonds is 6. The van der Waals surface area contributed by atoms with Crippen LogP contribution in [-0.2, 0) is 10.8 Å². The molecule has 0 bridgehead atoms. The zero-order valence-corrected chi connectivity index (χ0v) is 20.6. The summed E-state index contributed by atoms with van der Waals surface area (Å²) in [4.78, 5) is 4.87. The van der Waals surface area contributed by atoms with Crippen LogP contribution in [0.1, 0.15) is 36.8 Å². The second-order valence-electron chi connectivity index (χ2n) is 8.70. The molecule has 4 nitrogen and oxygen atoms in total. The number of benzene rings is 2. The maximum absolute atomic E-state index is 12.3. The molecule has 0 radical (unpaired) electrons. The number of hydrogen-bond acceptors (Lipinski definition) is 5. The second-order valence-corrected chi connectivity index (χ2v) is 11.2. The van der Waals surface area contributed by atoms with Crippen LogP contribution in [0.2, 0.25) is 0 Å². The topological polar surface area (TPSA) is 74.0 Å². The molecule has 0 aliphatic heterocycles. The van der Waals surface area contributed by atoms with Crippen LogP contribution in [0.3, 0.4) is 0 Å². The minimum absolute atomic E-state index is 0.252. The van der Waals surface area contributed by atoms with Crippen molar-refractivity contribution in [3.63, 3.8) is 0 Å². The highest BCUT2D eigenvalue weighted by atomic mass is 32.2. The Bertz CT molecular complexity index is 1190. The van der Waals surface area contributed by atoms with Crippen molar-refractivity contribution in [1.29, 1.82) is 5.26 Å². The highest BCUT2D eigenvalue weighted by Crippen LogP contribution is 2.39. The smallest absolute Gasteiger partial charge is 0.115 e. The Kier molecular flexibility index (Phi) is 7.33. The lowest BCUT2D eigenvalue weighted by Gasteiger charge is -2.38. The molecule has 1 aliphatic carbocycles. The fraction of sp³-hybridized carbons (Fsp3) is 0.333. The number of nitriles is 1. The van der Waals surface area contributed by atoms with Crippen LogP contribution < -0.4 is 0 Å². The van der Waals surface area contributed by atoms with E-state index in [1.54, 1.807) is 6.26 Å². The van der Waals surface area contributed by atoms with Crippen molar-refractivity contribution in [3.8, 4) is 28.5 Å². The van der Waals surface area contributed by atoms with Crippen molar-refractivity contribution < 1.29 is 9.32 Å². The van der Waals surface area contributed by atoms with E-state index < -0.39 is 16.4 Å². The van der Waals surface area contributed by atoms with E-state index in [0.717, 1.165) is 41.6 Å². The first-order valence-corrected chi connectivity index (χ1v) is 13.8. The predicted octanol–water partition coefficient (Wildman–Crippen LogP) is 5.74. The molecule has 3 atom stereocenters. The van der Waals surface area contributed by atoms with Crippen molar-refractivity contribution >= 4 is 22.6 Å². The van der Waals surface area contributed by atoms with E-state index in [0.29, 0.717) is 22.8 Å². The maximum Gasteiger partial charge on any atom is 0.115 e. The van der Waals surface area contributed by atoms with Gasteiger partial charge in [-0.15, -0.1) is 11.8 Å². The summed E-state index contributed by atoms with van der Waals surface area (Å²) < 4.78 is 12.3. The Labute approximate surface area is 202 Å². The van der Waals surface area contributed by atoms with Crippen LogP contribution >= 0.6 is 11.8 Å². The summed E-state index contributed by atoms with van der Waals surface area (Å²) in [6.07, 6.45) is 4.96. The first kappa shape index (κ1) is 23.7. The van der Waals surface area contributed by atoms with Gasteiger partial charge in [-0.05, 0) is 31.4 Å². The number of nitrogens with zero attached hydrogens (tertiary/aromatic N) is 2. The van der Waals surface area contributed by atoms with E-state index in [2.05, 4.69) is 18.2 Å². The number of hydrogen-bond donors (Lipinski definition) is 1. The molecule has 0 spiro atoms. The third kappa shape index (κ3) is 5.22. The summed E-state index contributed by atoms with van der Waals surface area (Å²) in [6.45, 7) is 2.05. The van der Waals surface area contributed by atoms with E-state index in [4.69, 9.17) is 4.98 Å². The van der Waals surface area contributed by atoms with Gasteiger partial charge in [0.05, 0.1) is 22.1 Å². The minimum atomic E-state index is -1.11. The van der Waals surface area contributed by atoms with Gasteiger partial charge in [0.25, 0.3) is 0 Å². The van der Waals surface area contributed by atoms with Gasteiger partial charge in [-0.25, -0.2) is 4.98 Å². The molecule has 0 unspecified atom stereocenters. The third-order valence-electron chi connectivity index (χ3n) is 6.32. The third-order valence-corrected chi connectivity index (χ3v) is 9.00. The van der Waals surface area contributed by atoms with E-state index in [9.17, 15) is 14.6 Å². The molecule has 1 aromatic heterocycles. The molecule has 6 heteroatoms. The highest BCUT2D eigenvalue weighted by Gasteiger charge is 2.41. The Morgan fingerprint density at radius 3 is 2.55 bits per heavy atom. The second kappa shape index (κ2) is 10.2. The molecule has 1 aliphatic rings. The summed E-state index contributed by atoms with van der Waals surface area (Å²) >= 11 is 1.40. The molecule has 4 rings (SSSR count). The molecule has 0 amide bonds. The summed E-state index contributed by atoms with van der Waals surface area (Å²) in [6, 6.07) is 22.4. The molecule has 1 saturated carbocycles. The SMILES string of the molecule is Cc1ccc(-c2cc(-c3ccccc3)c(C#N)c(SC[C@@]3(O)CCCC[C@H]3[S@](C)=O)n2)cc1. The lowest BCUT2D eigenvalue weighted by Crippen LogP contribution is -2.49. The molecule has 3 aromatic rings. The normalized spacial score (nSPS) is 21.3. The maximum atomic E-state index is 12.3. The van der Waals surface area contributed by atoms with Gasteiger partial charge >= 0.3 is 0 Å². The minimum Gasteiger partial charge on any atom is -0.388 e. The molecular weight excluding hydrogens is 448 g/mol. The summed E-state index contributed by atoms with van der Waals surface area (Å²) in [5.74, 6) is 0.366. The lowest BCUT2D eigenvalue weighted by molar-refractivity contribution is 0.0326. The Hall–Kier alpha value is -2.46. The number of aliphatic hydroxyl groups is 1. The number of thioether (sulfide) groups is 1. The van der Waals surface area contributed by atoms with Gasteiger partial charge in [0.15, 0.2) is 0 Å². The Morgan fingerprint density at radius 1 is 1.15 bits per heavy atom. The Morgan fingerprint density at radius 2 is 1.88 bits per heavy atom. The summed E-state index contributed by atoms with van der Waals surface area (Å²) in [5, 5.41) is 21.8. The zero-order valence-electron chi connectivity index (χ0n) is 19.0. The molecule has 170 valence electrons. The van der Waals surface area contributed by atoms with Gasteiger partial charge in [0.1, 0.15) is 11.1 Å². The van der Waals surface area contributed by atoms with Crippen molar-refractivity contribution in [2.45, 2.75) is 48.5 Å². The van der Waals surface area contributed by atoms with Gasteiger partial charge in [-0.2, -0.15) is 5.26 Å². The molecule has 1 heterocycles. The number of aromatic nitrogens is 1. The van der Waals surface area contributed by atoms with Gasteiger partial charge in [0, 0.05) is 33.9 Å². The molecule has 1 N–H and O–H groups in total. The van der Waals surface area contributed by atoms with Gasteiger partial charge < -0.3 is 5.11 Å². The van der Waals surface area contributed by atoms with E-state index in [1.165, 1.54) is 17.3 Å². The van der Waals surface area contributed by atoms with Crippen molar-refractivity contribution in [3.05, 3.63) is 71.8 Å². The molecule has 33 heavy (non-hydrogen) atoms. The first-order chi connectivity index (χ1) is 15.9. The zero-order chi connectivity index (χ0) is 23.4. The summed E-state index contributed by atoms with van der Waals surface area (Å²) in [7, 11) is -1.11. The fourth-order valence-electron chi connectivity index (χ4n) is 4.48. The quantitative estimate of drug-likeness (QED) is 0.459. The number of aryl methyl sites for hydroxylation is 1. The number of pyridine rings is 1. The standard InChI is InChI=1S/C27H28N2O2S2/c1-19-11-13-21(14-12-19)24-16-22(20-8-4-3-5-9-20)23(17-28)26(29-24)32-18-27(30)15-7-6-10-25(27)33(2)31/h3-5,8-9,11-14,16,25,30H,6-7,10,15,18H2,1-2H3/t25-,27+,33+/m1/s1. The van der Waals surface area contributed by atoms with Crippen LogP contribution in [0.5, 0.6) is 0 Å². The highest BCUT2D eigenvalue weighted by molar-refractivity contribution is 7.99. The van der Waals surface area contributed by atoms with E-state index >= 15 is 0 Å². The van der Waals surface area contributed by atoms with Crippen LogP contribution in [0.25, 0.3) is 22.4 Å². The molecule has 2 aromatic carbocycles. The van der Waals surface area contributed by atoms with Crippen LogP contribution in [0.15, 0.2) is 65.7 Å². The summed E-state index contributed by atoms with van der Waals surface area (Å²) in [5.41, 5.74) is 4.21. The monoisotopic (exact) mass is 476 g/mol. The van der Waals surface area contributed by atoms with Gasteiger partial charge in [-0.1, -0.05) is 73.0 Å². The van der Waals surface area contributed by atoms with Crippen LogP contribution in [-0.4, -0.2) is 37.2 Å². The van der Waals surface area contributed by atoms with Crippen LogP contribution in [0, 0.1) is 18.3 Å². The fourth-order valence-corrected chi connectivity index (χ4v) is 7.09. The largest absolute Gasteiger partial charge is 0.388 e. The first-order valence-electron chi connectivity index (χ1n) is 11.2. The van der Waals surface area contributed by atoms with Crippen molar-refractivity contribution in [2.75, 3.05) is 12.0 Å². The van der Waals surface area contributed by atoms with Crippen molar-refractivity contribution in [1.82, 2.24) is 4.98 Å². The van der Waals surface area contributed by atoms with E-state index in [1.807, 2.05) is 55.5 Å². The lowest BCUT2D eigenvalue weighted by atomic mass is 9.86. The Balaban J connectivity index is 1.77. The molecular formula is C27H28N2O2S2. The van der Waals surface area contributed by atoms with Gasteiger partial charge in [-0.3, -0.25) is 4.21 Å². The average molecular weight is 477 g/mol. The van der Waals surface area contributed by atoms with E-state index in [-0.39, 0.29) is 5.25 Å². The van der Waals surface area contributed by atoms with Gasteiger partial charge in [0.2, 0.25) is 0 Å². The van der Waals surface area contributed by atoms with Crippen molar-refractivity contribution in [2.24, 2.45) is 0 Å². The predicted molar refractivity (Wildman–Crippen MR) is 137 cm³/mol.